The molecule has 1 aromatic rings. The zero-order valence-corrected chi connectivity index (χ0v) is 11.0. The van der Waals surface area contributed by atoms with E-state index in [1.807, 2.05) is 13.8 Å². The zero-order valence-electron chi connectivity index (χ0n) is 10.2. The lowest BCUT2D eigenvalue weighted by molar-refractivity contribution is 0.0700. The van der Waals surface area contributed by atoms with Gasteiger partial charge >= 0.3 is 5.97 Å². The summed E-state index contributed by atoms with van der Waals surface area (Å²) < 4.78 is 0. The molecule has 1 aliphatic carbocycles. The van der Waals surface area contributed by atoms with Crippen LogP contribution in [0.15, 0.2) is 0 Å². The molecule has 94 valence electrons. The summed E-state index contributed by atoms with van der Waals surface area (Å²) in [4.78, 5) is 16.1. The summed E-state index contributed by atoms with van der Waals surface area (Å²) in [7, 11) is 0. The standard InChI is InChI=1S/C12H18N2O2S/c1-3-12(13,4-2)11-14-8(7-5-6-7)9(17-11)10(15)16/h7H,3-6,13H2,1-2H3,(H,15,16). The van der Waals surface area contributed by atoms with E-state index in [0.29, 0.717) is 10.8 Å². The fraction of sp³-hybridized carbons (Fsp3) is 0.667. The van der Waals surface area contributed by atoms with Crippen LogP contribution >= 0.6 is 11.3 Å². The molecular formula is C12H18N2O2S. The van der Waals surface area contributed by atoms with Gasteiger partial charge in [0.05, 0.1) is 11.2 Å². The number of carbonyl (C=O) groups is 1. The molecule has 0 amide bonds. The highest BCUT2D eigenvalue weighted by molar-refractivity contribution is 7.13. The van der Waals surface area contributed by atoms with Gasteiger partial charge in [-0.05, 0) is 25.7 Å². The van der Waals surface area contributed by atoms with E-state index in [9.17, 15) is 9.90 Å². The fourth-order valence-corrected chi connectivity index (χ4v) is 3.12. The van der Waals surface area contributed by atoms with Gasteiger partial charge in [-0.15, -0.1) is 11.3 Å². The lowest BCUT2D eigenvalue weighted by Gasteiger charge is -2.23. The molecule has 17 heavy (non-hydrogen) atoms. The molecule has 2 rings (SSSR count). The molecule has 1 heterocycles. The van der Waals surface area contributed by atoms with Crippen LogP contribution in [0.3, 0.4) is 0 Å². The second-order valence-corrected chi connectivity index (χ2v) is 5.68. The Bertz CT molecular complexity index is 434. The molecule has 0 atom stereocenters. The van der Waals surface area contributed by atoms with E-state index in [-0.39, 0.29) is 0 Å². The third-order valence-electron chi connectivity index (χ3n) is 3.50. The first-order valence-electron chi connectivity index (χ1n) is 6.05. The molecule has 1 aromatic heterocycles. The van der Waals surface area contributed by atoms with Crippen LogP contribution in [0.2, 0.25) is 0 Å². The number of aromatic carboxylic acids is 1. The van der Waals surface area contributed by atoms with Crippen LogP contribution < -0.4 is 5.73 Å². The van der Waals surface area contributed by atoms with Crippen LogP contribution in [-0.2, 0) is 5.54 Å². The second-order valence-electron chi connectivity index (χ2n) is 4.68. The van der Waals surface area contributed by atoms with Crippen LogP contribution in [0.1, 0.15) is 65.8 Å². The number of carboxylic acids is 1. The fourth-order valence-electron chi connectivity index (χ4n) is 1.88. The Hall–Kier alpha value is -0.940. The van der Waals surface area contributed by atoms with E-state index in [4.69, 9.17) is 5.73 Å². The van der Waals surface area contributed by atoms with Crippen LogP contribution in [0.4, 0.5) is 0 Å². The van der Waals surface area contributed by atoms with E-state index in [2.05, 4.69) is 4.98 Å². The van der Waals surface area contributed by atoms with Crippen LogP contribution in [0.5, 0.6) is 0 Å². The number of nitrogens with zero attached hydrogens (tertiary/aromatic N) is 1. The van der Waals surface area contributed by atoms with Crippen molar-refractivity contribution in [3.63, 3.8) is 0 Å². The van der Waals surface area contributed by atoms with E-state index >= 15 is 0 Å². The average molecular weight is 254 g/mol. The smallest absolute Gasteiger partial charge is 0.347 e. The van der Waals surface area contributed by atoms with Gasteiger partial charge in [-0.3, -0.25) is 0 Å². The zero-order chi connectivity index (χ0) is 12.6. The third kappa shape index (κ3) is 2.21. The minimum absolute atomic E-state index is 0.351. The van der Waals surface area contributed by atoms with E-state index < -0.39 is 11.5 Å². The van der Waals surface area contributed by atoms with E-state index in [1.165, 1.54) is 11.3 Å². The molecule has 3 N–H and O–H groups in total. The van der Waals surface area contributed by atoms with Crippen molar-refractivity contribution in [1.29, 1.82) is 0 Å². The Labute approximate surface area is 105 Å². The summed E-state index contributed by atoms with van der Waals surface area (Å²) in [6, 6.07) is 0. The van der Waals surface area contributed by atoms with Gasteiger partial charge in [-0.25, -0.2) is 9.78 Å². The first-order chi connectivity index (χ1) is 8.01. The van der Waals surface area contributed by atoms with Gasteiger partial charge in [0.25, 0.3) is 0 Å². The van der Waals surface area contributed by atoms with Crippen LogP contribution in [0.25, 0.3) is 0 Å². The summed E-state index contributed by atoms with van der Waals surface area (Å²) >= 11 is 1.26. The normalized spacial score (nSPS) is 16.2. The summed E-state index contributed by atoms with van der Waals surface area (Å²) in [6.45, 7) is 4.03. The predicted molar refractivity (Wildman–Crippen MR) is 67.5 cm³/mol. The topological polar surface area (TPSA) is 76.2 Å². The number of thiazole rings is 1. The van der Waals surface area contributed by atoms with Gasteiger partial charge in [0.2, 0.25) is 0 Å². The van der Waals surface area contributed by atoms with Crippen LogP contribution in [-0.4, -0.2) is 16.1 Å². The number of hydrogen-bond acceptors (Lipinski definition) is 4. The number of aromatic nitrogens is 1. The quantitative estimate of drug-likeness (QED) is 0.847. The maximum absolute atomic E-state index is 11.2. The Kier molecular flexibility index (Phi) is 3.23. The lowest BCUT2D eigenvalue weighted by atomic mass is 9.95. The highest BCUT2D eigenvalue weighted by Crippen LogP contribution is 2.44. The summed E-state index contributed by atoms with van der Waals surface area (Å²) in [6.07, 6.45) is 3.67. The summed E-state index contributed by atoms with van der Waals surface area (Å²) in [5.74, 6) is -0.519. The van der Waals surface area contributed by atoms with Crippen molar-refractivity contribution in [1.82, 2.24) is 4.98 Å². The molecule has 4 nitrogen and oxygen atoms in total. The van der Waals surface area contributed by atoms with Gasteiger partial charge in [-0.2, -0.15) is 0 Å². The summed E-state index contributed by atoms with van der Waals surface area (Å²) in [5.41, 5.74) is 6.56. The van der Waals surface area contributed by atoms with Crippen molar-refractivity contribution in [3.05, 3.63) is 15.6 Å². The minimum atomic E-state index is -0.870. The maximum atomic E-state index is 11.2. The molecule has 0 saturated heterocycles. The molecule has 0 bridgehead atoms. The largest absolute Gasteiger partial charge is 0.477 e. The molecule has 5 heteroatoms. The van der Waals surface area contributed by atoms with Gasteiger partial charge in [-0.1, -0.05) is 13.8 Å². The second kappa shape index (κ2) is 4.38. The lowest BCUT2D eigenvalue weighted by Crippen LogP contribution is -2.34. The van der Waals surface area contributed by atoms with Gasteiger partial charge in [0.15, 0.2) is 0 Å². The Morgan fingerprint density at radius 1 is 1.53 bits per heavy atom. The Morgan fingerprint density at radius 2 is 2.12 bits per heavy atom. The highest BCUT2D eigenvalue weighted by Gasteiger charge is 2.35. The summed E-state index contributed by atoms with van der Waals surface area (Å²) in [5, 5.41) is 9.98. The van der Waals surface area contributed by atoms with Gasteiger partial charge in [0.1, 0.15) is 9.88 Å². The molecule has 1 saturated carbocycles. The monoisotopic (exact) mass is 254 g/mol. The number of hydrogen-bond donors (Lipinski definition) is 2. The predicted octanol–water partition coefficient (Wildman–Crippen LogP) is 2.69. The first kappa shape index (κ1) is 12.5. The highest BCUT2D eigenvalue weighted by atomic mass is 32.1. The van der Waals surface area contributed by atoms with Gasteiger partial charge in [0, 0.05) is 5.92 Å². The first-order valence-corrected chi connectivity index (χ1v) is 6.86. The molecule has 0 aromatic carbocycles. The number of rotatable bonds is 5. The SMILES string of the molecule is CCC(N)(CC)c1nc(C2CC2)c(C(=O)O)s1. The molecule has 0 spiro atoms. The van der Waals surface area contributed by atoms with E-state index in [1.54, 1.807) is 0 Å². The van der Waals surface area contributed by atoms with Crippen LogP contribution in [0, 0.1) is 0 Å². The average Bonchev–Trinajstić information content (AvgIpc) is 3.06. The molecule has 0 unspecified atom stereocenters. The maximum Gasteiger partial charge on any atom is 0.347 e. The van der Waals surface area contributed by atoms with Crippen molar-refractivity contribution in [2.75, 3.05) is 0 Å². The third-order valence-corrected chi connectivity index (χ3v) is 4.78. The van der Waals surface area contributed by atoms with Crippen molar-refractivity contribution in [3.8, 4) is 0 Å². The van der Waals surface area contributed by atoms with Crippen molar-refractivity contribution >= 4 is 17.3 Å². The molecular weight excluding hydrogens is 236 g/mol. The number of carboxylic acid groups (broad SMARTS) is 1. The van der Waals surface area contributed by atoms with E-state index in [0.717, 1.165) is 36.4 Å². The number of nitrogens with two attached hydrogens (primary N) is 1. The van der Waals surface area contributed by atoms with Gasteiger partial charge < -0.3 is 10.8 Å². The van der Waals surface area contributed by atoms with Crippen molar-refractivity contribution in [2.45, 2.75) is 51.0 Å². The Morgan fingerprint density at radius 3 is 2.53 bits per heavy atom. The Balaban J connectivity index is 2.42. The molecule has 0 radical (unpaired) electrons. The van der Waals surface area contributed by atoms with Crippen molar-refractivity contribution < 1.29 is 9.90 Å². The van der Waals surface area contributed by atoms with Crippen molar-refractivity contribution in [2.24, 2.45) is 5.73 Å². The molecule has 1 aliphatic rings. The molecule has 1 fully saturated rings. The molecule has 0 aliphatic heterocycles. The minimum Gasteiger partial charge on any atom is -0.477 e.